The Morgan fingerprint density at radius 3 is 2.30 bits per heavy atom. The highest BCUT2D eigenvalue weighted by molar-refractivity contribution is 4.97. The van der Waals surface area contributed by atoms with E-state index in [4.69, 9.17) is 0 Å². The molecule has 0 N–H and O–H groups in total. The molecule has 0 spiro atoms. The fourth-order valence-electron chi connectivity index (χ4n) is 1.10. The van der Waals surface area contributed by atoms with Crippen LogP contribution >= 0.6 is 0 Å². The van der Waals surface area contributed by atoms with Crippen LogP contribution in [0.2, 0.25) is 0 Å². The van der Waals surface area contributed by atoms with Crippen LogP contribution in [0.3, 0.4) is 0 Å². The minimum Gasteiger partial charge on any atom is -0.625 e. The van der Waals surface area contributed by atoms with Crippen molar-refractivity contribution in [3.05, 3.63) is 22.3 Å². The van der Waals surface area contributed by atoms with Crippen molar-refractivity contribution < 1.29 is 4.81 Å². The molecule has 0 atom stereocenters. The maximum Gasteiger partial charge on any atom is 0.199 e. The molecule has 0 radical (unpaired) electrons. The third kappa shape index (κ3) is 1.13. The standard InChI is InChI=1S/C6H11N2O2/c1-7(2)6-4-3-5-8(6,9)10/h4H,3,5H2,1-2H3/q-1. The Hall–Kier alpha value is -0.580. The summed E-state index contributed by atoms with van der Waals surface area (Å²) in [5, 5.41) is 21.9. The molecule has 0 fully saturated rings. The molecule has 1 aliphatic heterocycles. The summed E-state index contributed by atoms with van der Waals surface area (Å²) < 4.78 is 0. The molecule has 1 heterocycles. The van der Waals surface area contributed by atoms with Crippen molar-refractivity contribution in [1.29, 1.82) is 0 Å². The molecule has 0 aromatic rings. The summed E-state index contributed by atoms with van der Waals surface area (Å²) in [5.41, 5.74) is 0. The van der Waals surface area contributed by atoms with Crippen LogP contribution in [0.5, 0.6) is 0 Å². The summed E-state index contributed by atoms with van der Waals surface area (Å²) in [6.45, 7) is 0.132. The quantitative estimate of drug-likeness (QED) is 0.399. The van der Waals surface area contributed by atoms with Gasteiger partial charge in [0.25, 0.3) is 0 Å². The first-order chi connectivity index (χ1) is 4.54. The van der Waals surface area contributed by atoms with E-state index in [2.05, 4.69) is 0 Å². The molecule has 0 aromatic heterocycles. The van der Waals surface area contributed by atoms with Gasteiger partial charge in [-0.25, -0.2) is 0 Å². The Balaban J connectivity index is 2.75. The maximum absolute atomic E-state index is 10.9. The minimum atomic E-state index is -1.47. The van der Waals surface area contributed by atoms with Gasteiger partial charge in [0.2, 0.25) is 0 Å². The second-order valence-electron chi connectivity index (χ2n) is 2.64. The maximum atomic E-state index is 10.9. The zero-order valence-corrected chi connectivity index (χ0v) is 6.20. The minimum absolute atomic E-state index is 0.132. The fraction of sp³-hybridized carbons (Fsp3) is 0.667. The van der Waals surface area contributed by atoms with Crippen molar-refractivity contribution in [2.75, 3.05) is 20.6 Å². The number of hydrogen-bond acceptors (Lipinski definition) is 3. The molecule has 4 nitrogen and oxygen atoms in total. The van der Waals surface area contributed by atoms with E-state index >= 15 is 0 Å². The molecule has 0 saturated carbocycles. The summed E-state index contributed by atoms with van der Waals surface area (Å²) in [5.74, 6) is 0.319. The number of hydroxylamine groups is 4. The van der Waals surface area contributed by atoms with Crippen LogP contribution in [-0.4, -0.2) is 30.3 Å². The van der Waals surface area contributed by atoms with E-state index < -0.39 is 4.81 Å². The van der Waals surface area contributed by atoms with Gasteiger partial charge >= 0.3 is 0 Å². The Morgan fingerprint density at radius 2 is 2.10 bits per heavy atom. The largest absolute Gasteiger partial charge is 0.625 e. The van der Waals surface area contributed by atoms with Gasteiger partial charge in [0, 0.05) is 26.6 Å². The first-order valence-electron chi connectivity index (χ1n) is 3.22. The molecule has 0 saturated heterocycles. The highest BCUT2D eigenvalue weighted by atomic mass is 16.8. The second-order valence-corrected chi connectivity index (χ2v) is 2.64. The fourth-order valence-corrected chi connectivity index (χ4v) is 1.10. The van der Waals surface area contributed by atoms with Crippen LogP contribution in [0, 0.1) is 10.4 Å². The van der Waals surface area contributed by atoms with Gasteiger partial charge in [-0.05, 0) is 0 Å². The van der Waals surface area contributed by atoms with Gasteiger partial charge in [0.05, 0.1) is 6.54 Å². The summed E-state index contributed by atoms with van der Waals surface area (Å²) in [6, 6.07) is 0. The summed E-state index contributed by atoms with van der Waals surface area (Å²) >= 11 is 0. The second kappa shape index (κ2) is 2.23. The van der Waals surface area contributed by atoms with Crippen molar-refractivity contribution in [1.82, 2.24) is 4.90 Å². The highest BCUT2D eigenvalue weighted by Gasteiger charge is 2.20. The number of hydrogen-bond donors (Lipinski definition) is 0. The summed E-state index contributed by atoms with van der Waals surface area (Å²) in [4.78, 5) is 0.111. The molecule has 1 rings (SSSR count). The van der Waals surface area contributed by atoms with Crippen molar-refractivity contribution in [3.63, 3.8) is 0 Å². The first-order valence-corrected chi connectivity index (χ1v) is 3.22. The van der Waals surface area contributed by atoms with Gasteiger partial charge in [-0.3, -0.25) is 0 Å². The van der Waals surface area contributed by atoms with E-state index in [1.165, 1.54) is 0 Å². The molecule has 0 aromatic carbocycles. The zero-order valence-electron chi connectivity index (χ0n) is 6.20. The third-order valence-corrected chi connectivity index (χ3v) is 1.56. The number of rotatable bonds is 1. The van der Waals surface area contributed by atoms with E-state index in [9.17, 15) is 10.4 Å². The monoisotopic (exact) mass is 143 g/mol. The smallest absolute Gasteiger partial charge is 0.199 e. The molecule has 4 heteroatoms. The molecule has 58 valence electrons. The third-order valence-electron chi connectivity index (χ3n) is 1.56. The lowest BCUT2D eigenvalue weighted by molar-refractivity contribution is -0.792. The van der Waals surface area contributed by atoms with Crippen molar-refractivity contribution in [2.45, 2.75) is 6.42 Å². The Labute approximate surface area is 60.1 Å². The van der Waals surface area contributed by atoms with E-state index in [0.29, 0.717) is 12.2 Å². The lowest BCUT2D eigenvalue weighted by Crippen LogP contribution is -2.37. The molecule has 0 amide bonds. The molecule has 10 heavy (non-hydrogen) atoms. The van der Waals surface area contributed by atoms with Crippen LogP contribution < -0.4 is 0 Å². The van der Waals surface area contributed by atoms with E-state index in [1.807, 2.05) is 0 Å². The highest BCUT2D eigenvalue weighted by Crippen LogP contribution is 2.23. The zero-order chi connectivity index (χ0) is 7.78. The van der Waals surface area contributed by atoms with Crippen LogP contribution in [0.4, 0.5) is 0 Å². The number of quaternary nitrogens is 1. The Bertz CT molecular complexity index is 163. The molecule has 0 aliphatic carbocycles. The normalized spacial score (nSPS) is 22.6. The van der Waals surface area contributed by atoms with Crippen molar-refractivity contribution in [2.24, 2.45) is 0 Å². The van der Waals surface area contributed by atoms with Crippen LogP contribution in [0.1, 0.15) is 6.42 Å². The molecule has 0 unspecified atom stereocenters. The predicted octanol–water partition coefficient (Wildman–Crippen LogP) is 0.605. The van der Waals surface area contributed by atoms with Gasteiger partial charge in [-0.15, -0.1) is 0 Å². The molecular weight excluding hydrogens is 132 g/mol. The van der Waals surface area contributed by atoms with Gasteiger partial charge in [-0.2, -0.15) is 0 Å². The topological polar surface area (TPSA) is 49.4 Å². The molecule has 1 aliphatic rings. The first kappa shape index (κ1) is 7.53. The van der Waals surface area contributed by atoms with Gasteiger partial charge < -0.3 is 20.1 Å². The van der Waals surface area contributed by atoms with Crippen LogP contribution in [-0.2, 0) is 0 Å². The van der Waals surface area contributed by atoms with Crippen molar-refractivity contribution >= 4 is 0 Å². The van der Waals surface area contributed by atoms with E-state index in [-0.39, 0.29) is 6.54 Å². The Morgan fingerprint density at radius 1 is 1.50 bits per heavy atom. The van der Waals surface area contributed by atoms with Gasteiger partial charge in [0.15, 0.2) is 5.82 Å². The van der Waals surface area contributed by atoms with Crippen LogP contribution in [0.25, 0.3) is 0 Å². The molecule has 0 bridgehead atoms. The predicted molar refractivity (Wildman–Crippen MR) is 38.2 cm³/mol. The van der Waals surface area contributed by atoms with E-state index in [1.54, 1.807) is 25.1 Å². The lowest BCUT2D eigenvalue weighted by Gasteiger charge is -2.46. The average molecular weight is 143 g/mol. The van der Waals surface area contributed by atoms with Gasteiger partial charge in [0.1, 0.15) is 0 Å². The number of nitrogens with zero attached hydrogens (tertiary/aromatic N) is 2. The lowest BCUT2D eigenvalue weighted by atomic mass is 10.5. The average Bonchev–Trinajstić information content (AvgIpc) is 2.08. The van der Waals surface area contributed by atoms with Crippen LogP contribution in [0.15, 0.2) is 11.9 Å². The molecular formula is C6H11N2O2-. The van der Waals surface area contributed by atoms with Crippen molar-refractivity contribution in [3.8, 4) is 0 Å². The van der Waals surface area contributed by atoms with Gasteiger partial charge in [-0.1, -0.05) is 0 Å². The summed E-state index contributed by atoms with van der Waals surface area (Å²) in [7, 11) is 3.42. The summed E-state index contributed by atoms with van der Waals surface area (Å²) in [6.07, 6.45) is 2.29. The van der Waals surface area contributed by atoms with E-state index in [0.717, 1.165) is 0 Å². The Kier molecular flexibility index (Phi) is 1.68. The SMILES string of the molecule is CN(C)C1=CCC[N+]1([O-])[O-].